The number of para-hydroxylation sites is 2. The van der Waals surface area contributed by atoms with Gasteiger partial charge in [0.1, 0.15) is 0 Å². The van der Waals surface area contributed by atoms with Crippen LogP contribution in [0.15, 0.2) is 158 Å². The Hall–Kier alpha value is -5.86. The summed E-state index contributed by atoms with van der Waals surface area (Å²) in [5.74, 6) is 0. The molecule has 0 amide bonds. The van der Waals surface area contributed by atoms with Gasteiger partial charge in [0.15, 0.2) is 0 Å². The molecule has 0 bridgehead atoms. The zero-order valence-electron chi connectivity index (χ0n) is 26.5. The van der Waals surface area contributed by atoms with E-state index in [1.165, 1.54) is 72.0 Å². The number of nitrogens with zero attached hydrogens (tertiary/aromatic N) is 1. The maximum atomic E-state index is 6.27. The molecule has 0 radical (unpaired) electrons. The first-order valence-electron chi connectivity index (χ1n) is 16.3. The zero-order chi connectivity index (χ0) is 31.7. The molecule has 0 spiro atoms. The Labute approximate surface area is 275 Å². The highest BCUT2D eigenvalue weighted by molar-refractivity contribution is 6.11. The minimum atomic E-state index is -0.0480. The molecule has 2 N–H and O–H groups in total. The van der Waals surface area contributed by atoms with Gasteiger partial charge in [0, 0.05) is 33.1 Å². The summed E-state index contributed by atoms with van der Waals surface area (Å²) in [7, 11) is 0. The lowest BCUT2D eigenvalue weighted by atomic mass is 9.82. The van der Waals surface area contributed by atoms with Crippen molar-refractivity contribution in [2.45, 2.75) is 19.3 Å². The predicted molar refractivity (Wildman–Crippen MR) is 199 cm³/mol. The van der Waals surface area contributed by atoms with Crippen LogP contribution in [-0.2, 0) is 5.41 Å². The number of aromatic nitrogens is 1. The SMILES string of the molecule is CC1(C)c2ccccc2-c2cc3c4ccccc4n(-c4ccc(-c5ccc(-c6cccc(-c7ccccc7N)c6)cc5)cc4)c3cc21. The quantitative estimate of drug-likeness (QED) is 0.200. The van der Waals surface area contributed by atoms with E-state index in [1.54, 1.807) is 0 Å². The van der Waals surface area contributed by atoms with Gasteiger partial charge in [0.2, 0.25) is 0 Å². The van der Waals surface area contributed by atoms with Gasteiger partial charge in [-0.2, -0.15) is 0 Å². The van der Waals surface area contributed by atoms with Crippen LogP contribution in [0.2, 0.25) is 0 Å². The Bertz CT molecular complexity index is 2480. The second kappa shape index (κ2) is 10.3. The van der Waals surface area contributed by atoms with Crippen LogP contribution in [0.4, 0.5) is 5.69 Å². The molecule has 1 aliphatic carbocycles. The number of benzene rings is 7. The van der Waals surface area contributed by atoms with E-state index in [9.17, 15) is 0 Å². The maximum absolute atomic E-state index is 6.27. The summed E-state index contributed by atoms with van der Waals surface area (Å²) in [6, 6.07) is 57.1. The summed E-state index contributed by atoms with van der Waals surface area (Å²) >= 11 is 0. The first kappa shape index (κ1) is 27.5. The normalized spacial score (nSPS) is 13.1. The predicted octanol–water partition coefficient (Wildman–Crippen LogP) is 11.7. The van der Waals surface area contributed by atoms with E-state index in [-0.39, 0.29) is 5.41 Å². The Balaban J connectivity index is 1.08. The van der Waals surface area contributed by atoms with Crippen molar-refractivity contribution in [3.8, 4) is 50.2 Å². The van der Waals surface area contributed by atoms with Gasteiger partial charge in [-0.3, -0.25) is 0 Å². The van der Waals surface area contributed by atoms with E-state index in [4.69, 9.17) is 5.73 Å². The van der Waals surface area contributed by atoms with E-state index in [1.807, 2.05) is 18.2 Å². The van der Waals surface area contributed by atoms with Crippen LogP contribution in [0.3, 0.4) is 0 Å². The molecule has 0 fully saturated rings. The highest BCUT2D eigenvalue weighted by Crippen LogP contribution is 2.51. The summed E-state index contributed by atoms with van der Waals surface area (Å²) in [5, 5.41) is 2.58. The van der Waals surface area contributed by atoms with Gasteiger partial charge in [-0.25, -0.2) is 0 Å². The summed E-state index contributed by atoms with van der Waals surface area (Å²) in [5.41, 5.74) is 23.1. The average Bonchev–Trinajstić information content (AvgIpc) is 3.56. The van der Waals surface area contributed by atoms with Crippen molar-refractivity contribution in [3.63, 3.8) is 0 Å². The highest BCUT2D eigenvalue weighted by atomic mass is 15.0. The molecule has 0 saturated carbocycles. The first-order chi connectivity index (χ1) is 23.0. The number of nitrogen functional groups attached to an aromatic ring is 1. The number of fused-ring (bicyclic) bond motifs is 6. The van der Waals surface area contributed by atoms with Gasteiger partial charge in [0.25, 0.3) is 0 Å². The third kappa shape index (κ3) is 4.26. The lowest BCUT2D eigenvalue weighted by Crippen LogP contribution is -2.14. The lowest BCUT2D eigenvalue weighted by molar-refractivity contribution is 0.661. The molecule has 2 nitrogen and oxygen atoms in total. The maximum Gasteiger partial charge on any atom is 0.0544 e. The highest BCUT2D eigenvalue weighted by Gasteiger charge is 2.36. The molecule has 1 aliphatic rings. The minimum absolute atomic E-state index is 0.0480. The molecule has 0 unspecified atom stereocenters. The number of hydrogen-bond donors (Lipinski definition) is 1. The van der Waals surface area contributed by atoms with Crippen molar-refractivity contribution in [2.24, 2.45) is 0 Å². The van der Waals surface area contributed by atoms with E-state index in [0.29, 0.717) is 0 Å². The molecule has 0 atom stereocenters. The Kier molecular flexibility index (Phi) is 6.04. The summed E-state index contributed by atoms with van der Waals surface area (Å²) in [4.78, 5) is 0. The zero-order valence-corrected chi connectivity index (χ0v) is 26.5. The van der Waals surface area contributed by atoms with Crippen molar-refractivity contribution in [1.82, 2.24) is 4.57 Å². The van der Waals surface area contributed by atoms with Crippen LogP contribution in [0.1, 0.15) is 25.0 Å². The van der Waals surface area contributed by atoms with Crippen LogP contribution < -0.4 is 5.73 Å². The Morgan fingerprint density at radius 1 is 0.426 bits per heavy atom. The molecule has 0 saturated heterocycles. The third-order valence-electron chi connectivity index (χ3n) is 10.2. The van der Waals surface area contributed by atoms with Gasteiger partial charge in [-0.1, -0.05) is 129 Å². The van der Waals surface area contributed by atoms with Gasteiger partial charge >= 0.3 is 0 Å². The van der Waals surface area contributed by atoms with E-state index < -0.39 is 0 Å². The number of rotatable bonds is 4. The molecule has 1 aromatic heterocycles. The van der Waals surface area contributed by atoms with Crippen LogP contribution in [-0.4, -0.2) is 4.57 Å². The minimum Gasteiger partial charge on any atom is -0.398 e. The Morgan fingerprint density at radius 2 is 1.04 bits per heavy atom. The summed E-state index contributed by atoms with van der Waals surface area (Å²) in [6.45, 7) is 4.71. The average molecular weight is 603 g/mol. The fraction of sp³-hybridized carbons (Fsp3) is 0.0667. The fourth-order valence-electron chi connectivity index (χ4n) is 7.73. The topological polar surface area (TPSA) is 30.9 Å². The molecular formula is C45H34N2. The molecule has 2 heteroatoms. The van der Waals surface area contributed by atoms with Crippen molar-refractivity contribution in [1.29, 1.82) is 0 Å². The molecule has 8 aromatic rings. The lowest BCUT2D eigenvalue weighted by Gasteiger charge is -2.21. The van der Waals surface area contributed by atoms with Gasteiger partial charge in [0.05, 0.1) is 11.0 Å². The number of hydrogen-bond acceptors (Lipinski definition) is 1. The largest absolute Gasteiger partial charge is 0.398 e. The second-order valence-electron chi connectivity index (χ2n) is 13.2. The van der Waals surface area contributed by atoms with Crippen LogP contribution >= 0.6 is 0 Å². The molecule has 1 heterocycles. The summed E-state index contributed by atoms with van der Waals surface area (Å²) in [6.07, 6.45) is 0. The van der Waals surface area contributed by atoms with Crippen LogP contribution in [0, 0.1) is 0 Å². The van der Waals surface area contributed by atoms with Crippen molar-refractivity contribution < 1.29 is 0 Å². The van der Waals surface area contributed by atoms with E-state index in [2.05, 4.69) is 158 Å². The van der Waals surface area contributed by atoms with Crippen molar-refractivity contribution >= 4 is 27.5 Å². The van der Waals surface area contributed by atoms with E-state index in [0.717, 1.165) is 16.8 Å². The van der Waals surface area contributed by atoms with Gasteiger partial charge in [-0.15, -0.1) is 0 Å². The molecule has 9 rings (SSSR count). The molecule has 7 aromatic carbocycles. The third-order valence-corrected chi connectivity index (χ3v) is 10.2. The molecule has 47 heavy (non-hydrogen) atoms. The number of nitrogens with two attached hydrogens (primary N) is 1. The monoisotopic (exact) mass is 602 g/mol. The first-order valence-corrected chi connectivity index (χ1v) is 16.3. The number of anilines is 1. The Morgan fingerprint density at radius 3 is 1.81 bits per heavy atom. The van der Waals surface area contributed by atoms with Gasteiger partial charge in [-0.05, 0) is 92.5 Å². The van der Waals surface area contributed by atoms with Crippen LogP contribution in [0.5, 0.6) is 0 Å². The fourth-order valence-corrected chi connectivity index (χ4v) is 7.73. The summed E-state index contributed by atoms with van der Waals surface area (Å²) < 4.78 is 2.43. The smallest absolute Gasteiger partial charge is 0.0544 e. The van der Waals surface area contributed by atoms with Gasteiger partial charge < -0.3 is 10.3 Å². The van der Waals surface area contributed by atoms with Crippen LogP contribution in [0.25, 0.3) is 72.0 Å². The van der Waals surface area contributed by atoms with Crippen molar-refractivity contribution in [2.75, 3.05) is 5.73 Å². The molecular weight excluding hydrogens is 569 g/mol. The molecule has 224 valence electrons. The van der Waals surface area contributed by atoms with E-state index >= 15 is 0 Å². The second-order valence-corrected chi connectivity index (χ2v) is 13.2. The standard InChI is InChI=1S/C45H34N2/c1-45(2)40-15-6-3-13-36(40)38-27-39-37-14-5-8-17-43(37)47(44(39)28-41(38)45)34-24-22-30(23-25-34)29-18-20-31(21-19-29)32-10-9-11-33(26-32)35-12-4-7-16-42(35)46/h3-28H,46H2,1-2H3. The molecule has 0 aliphatic heterocycles. The van der Waals surface area contributed by atoms with Crippen molar-refractivity contribution in [3.05, 3.63) is 169 Å².